The number of rotatable bonds is 11. The number of benzene rings is 3. The van der Waals surface area contributed by atoms with Gasteiger partial charge in [-0.25, -0.2) is 8.78 Å². The Morgan fingerprint density at radius 3 is 2.28 bits per heavy atom. The second-order valence-corrected chi connectivity index (χ2v) is 23.3. The monoisotopic (exact) mass is 1010 g/mol. The number of anilines is 3. The average Bonchev–Trinajstić information content (AvgIpc) is 4.03. The minimum absolute atomic E-state index is 0.00102. The van der Waals surface area contributed by atoms with Crippen LogP contribution in [0, 0.1) is 27.6 Å². The molecule has 1 saturated heterocycles. The number of hydrogen-bond acceptors (Lipinski definition) is 10. The van der Waals surface area contributed by atoms with E-state index in [1.165, 1.54) is 18.5 Å². The molecule has 1 N–H and O–H groups in total. The van der Waals surface area contributed by atoms with Gasteiger partial charge in [0.25, 0.3) is 12.3 Å². The van der Waals surface area contributed by atoms with Crippen LogP contribution < -0.4 is 24.6 Å². The topological polar surface area (TPSA) is 137 Å². The number of aryl methyl sites for hydroxylation is 2. The summed E-state index contributed by atoms with van der Waals surface area (Å²) in [6, 6.07) is 19.8. The molecule has 5 aromatic rings. The molecule has 3 aromatic carbocycles. The van der Waals surface area contributed by atoms with Crippen molar-refractivity contribution in [2.24, 2.45) is 23.3 Å². The Hall–Kier alpha value is -6.47. The van der Waals surface area contributed by atoms with Gasteiger partial charge >= 0.3 is 0 Å². The van der Waals surface area contributed by atoms with E-state index >= 15 is 0 Å². The highest BCUT2D eigenvalue weighted by molar-refractivity contribution is 5.95. The molecule has 3 saturated carbocycles. The summed E-state index contributed by atoms with van der Waals surface area (Å²) < 4.78 is 45.5. The summed E-state index contributed by atoms with van der Waals surface area (Å²) >= 11 is 0. The van der Waals surface area contributed by atoms with E-state index in [-0.39, 0.29) is 46.4 Å². The largest absolute Gasteiger partial charge is 0.495 e. The Morgan fingerprint density at radius 1 is 0.905 bits per heavy atom. The Kier molecular flexibility index (Phi) is 12.8. The Bertz CT molecular complexity index is 2970. The van der Waals surface area contributed by atoms with Crippen molar-refractivity contribution < 1.29 is 27.8 Å². The molecule has 5 heterocycles. The van der Waals surface area contributed by atoms with E-state index in [1.807, 2.05) is 23.1 Å². The number of carbonyl (C=O) groups is 2. The van der Waals surface area contributed by atoms with Crippen molar-refractivity contribution in [1.82, 2.24) is 34.7 Å². The third-order valence-corrected chi connectivity index (χ3v) is 18.1. The van der Waals surface area contributed by atoms with Crippen molar-refractivity contribution in [3.63, 3.8) is 0 Å². The van der Waals surface area contributed by atoms with E-state index < -0.39 is 6.43 Å². The third kappa shape index (κ3) is 8.76. The third-order valence-electron chi connectivity index (χ3n) is 18.1. The number of nitriles is 1. The number of halogens is 2. The number of nitrogens with one attached hydrogen (secondary N) is 1. The molecular formula is C58H70F2N10O4. The number of nitrogens with zero attached hydrogens (tertiary/aromatic N) is 9. The second kappa shape index (κ2) is 19.0. The molecule has 6 aliphatic rings. The first-order chi connectivity index (χ1) is 35.5. The quantitative estimate of drug-likeness (QED) is 0.136. The molecule has 4 fully saturated rings. The van der Waals surface area contributed by atoms with Crippen LogP contribution in [0.3, 0.4) is 0 Å². The van der Waals surface area contributed by atoms with Crippen molar-refractivity contribution >= 4 is 29.0 Å². The molecule has 0 radical (unpaired) electrons. The number of amides is 2. The Morgan fingerprint density at radius 2 is 1.64 bits per heavy atom. The summed E-state index contributed by atoms with van der Waals surface area (Å²) in [6.45, 7) is 15.8. The summed E-state index contributed by atoms with van der Waals surface area (Å²) in [7, 11) is 3.34. The first kappa shape index (κ1) is 49.7. The van der Waals surface area contributed by atoms with Gasteiger partial charge in [0.2, 0.25) is 5.91 Å². The molecule has 0 bridgehead atoms. The van der Waals surface area contributed by atoms with E-state index in [0.29, 0.717) is 64.8 Å². The predicted molar refractivity (Wildman–Crippen MR) is 280 cm³/mol. The highest BCUT2D eigenvalue weighted by Crippen LogP contribution is 2.57. The average molecular weight is 1010 g/mol. The molecular weight excluding hydrogens is 939 g/mol. The molecule has 74 heavy (non-hydrogen) atoms. The normalized spacial score (nSPS) is 25.1. The summed E-state index contributed by atoms with van der Waals surface area (Å²) in [5.41, 5.74) is 7.16. The lowest BCUT2D eigenvalue weighted by molar-refractivity contribution is -0.164. The number of methoxy groups -OCH3 is 1. The number of piperazine rings is 1. The van der Waals surface area contributed by atoms with Gasteiger partial charge in [0.05, 0.1) is 31.5 Å². The molecule has 14 nitrogen and oxygen atoms in total. The summed E-state index contributed by atoms with van der Waals surface area (Å²) in [5.74, 6) is 1.86. The maximum absolute atomic E-state index is 14.8. The predicted octanol–water partition coefficient (Wildman–Crippen LogP) is 9.79. The van der Waals surface area contributed by atoms with Crippen LogP contribution in [0.4, 0.5) is 26.0 Å². The first-order valence-electron chi connectivity index (χ1n) is 26.7. The number of hydrogen-bond donors (Lipinski definition) is 1. The molecule has 390 valence electrons. The van der Waals surface area contributed by atoms with Crippen molar-refractivity contribution in [3.8, 4) is 28.7 Å². The minimum atomic E-state index is -2.65. The van der Waals surface area contributed by atoms with Gasteiger partial charge in [0, 0.05) is 134 Å². The van der Waals surface area contributed by atoms with E-state index in [2.05, 4.69) is 75.7 Å². The number of carbonyl (C=O) groups excluding carboxylic acids is 2. The SMILES string of the molecule is COc1cc(OC2C(C)(C)C(NC(=O)c3ccc(N4CCN(C5CC6(CCC(n7nc(N8CCCc9cc(-c%10cnn(C)c%10)c(C(F)F)cc98)c8c7CCN(C(C)=O)C8)CC6)C5)CC4)cc3)C2(C)C)ccc1C#N. The molecule has 2 aromatic heterocycles. The molecule has 1 spiro atoms. The highest BCUT2D eigenvalue weighted by Gasteiger charge is 2.64. The lowest BCUT2D eigenvalue weighted by atomic mass is 9.49. The van der Waals surface area contributed by atoms with E-state index in [9.17, 15) is 23.6 Å². The highest BCUT2D eigenvalue weighted by atomic mass is 19.3. The van der Waals surface area contributed by atoms with Gasteiger partial charge in [0.1, 0.15) is 23.7 Å². The van der Waals surface area contributed by atoms with Gasteiger partial charge in [-0.05, 0) is 116 Å². The van der Waals surface area contributed by atoms with Crippen LogP contribution in [0.25, 0.3) is 11.1 Å². The fourth-order valence-corrected chi connectivity index (χ4v) is 14.3. The van der Waals surface area contributed by atoms with Gasteiger partial charge in [-0.15, -0.1) is 0 Å². The lowest BCUT2D eigenvalue weighted by Crippen LogP contribution is -2.74. The van der Waals surface area contributed by atoms with Crippen LogP contribution in [-0.4, -0.2) is 106 Å². The van der Waals surface area contributed by atoms with Crippen LogP contribution in [0.5, 0.6) is 11.5 Å². The summed E-state index contributed by atoms with van der Waals surface area (Å²) in [6.07, 6.45) is 9.90. The second-order valence-electron chi connectivity index (χ2n) is 23.3. The number of fused-ring (bicyclic) bond motifs is 2. The van der Waals surface area contributed by atoms with Crippen molar-refractivity contribution in [3.05, 3.63) is 101 Å². The van der Waals surface area contributed by atoms with Crippen molar-refractivity contribution in [2.45, 2.75) is 130 Å². The van der Waals surface area contributed by atoms with E-state index in [0.717, 1.165) is 99.4 Å². The maximum atomic E-state index is 14.8. The van der Waals surface area contributed by atoms with Gasteiger partial charge in [0.15, 0.2) is 5.82 Å². The van der Waals surface area contributed by atoms with E-state index in [1.54, 1.807) is 62.4 Å². The zero-order valence-electron chi connectivity index (χ0n) is 44.0. The summed E-state index contributed by atoms with van der Waals surface area (Å²) in [5, 5.41) is 22.4. The molecule has 16 heteroatoms. The zero-order chi connectivity index (χ0) is 51.8. The fourth-order valence-electron chi connectivity index (χ4n) is 14.3. The van der Waals surface area contributed by atoms with Crippen molar-refractivity contribution in [2.75, 3.05) is 56.2 Å². The van der Waals surface area contributed by atoms with Crippen LogP contribution >= 0.6 is 0 Å². The number of alkyl halides is 2. The van der Waals surface area contributed by atoms with Gasteiger partial charge in [-0.2, -0.15) is 15.5 Å². The molecule has 11 rings (SSSR count). The summed E-state index contributed by atoms with van der Waals surface area (Å²) in [4.78, 5) is 35.6. The molecule has 2 amide bonds. The van der Waals surface area contributed by atoms with E-state index in [4.69, 9.17) is 14.6 Å². The maximum Gasteiger partial charge on any atom is 0.264 e. The smallest absolute Gasteiger partial charge is 0.264 e. The van der Waals surface area contributed by atoms with Crippen LogP contribution in [-0.2, 0) is 31.2 Å². The Labute approximate surface area is 433 Å². The fraction of sp³-hybridized carbons (Fsp3) is 0.534. The Balaban J connectivity index is 0.694. The van der Waals surface area contributed by atoms with Crippen LogP contribution in [0.15, 0.2) is 67.0 Å². The zero-order valence-corrected chi connectivity index (χ0v) is 44.0. The van der Waals surface area contributed by atoms with Gasteiger partial charge < -0.3 is 29.5 Å². The lowest BCUT2D eigenvalue weighted by Gasteiger charge is -2.63. The molecule has 0 unspecified atom stereocenters. The molecule has 3 aliphatic heterocycles. The van der Waals surface area contributed by atoms with Crippen LogP contribution in [0.1, 0.15) is 130 Å². The number of ether oxygens (including phenoxy) is 2. The van der Waals surface area contributed by atoms with Crippen molar-refractivity contribution in [1.29, 1.82) is 5.26 Å². The molecule has 3 aliphatic carbocycles. The number of aromatic nitrogens is 4. The van der Waals surface area contributed by atoms with Gasteiger partial charge in [-0.3, -0.25) is 23.9 Å². The standard InChI is InChI=1S/C58H70F2N10O4/c1-36(71)68-22-18-48-47(35-68)52(69-21-8-9-38-27-45(40-33-62-65(6)34-40)46(51(59)60)29-49(38)69)64-70(48)42-16-19-58(20-17-42)30-43(31-58)67-25-23-66(24-26-67)41-13-10-37(11-14-41)53(72)63-54-56(2,3)55(57(54,4)5)74-44-15-12-39(32-61)50(28-44)73-7/h10-15,27-29,33-34,42-43,51,54-55H,8-9,16-26,30-31,35H2,1-7H3,(H,63,72). The minimum Gasteiger partial charge on any atom is -0.495 e. The molecule has 0 atom stereocenters. The van der Waals surface area contributed by atoms with Crippen LogP contribution in [0.2, 0.25) is 0 Å². The van der Waals surface area contributed by atoms with Gasteiger partial charge in [-0.1, -0.05) is 27.7 Å². The first-order valence-corrected chi connectivity index (χ1v) is 26.7.